The third kappa shape index (κ3) is 3.34. The summed E-state index contributed by atoms with van der Waals surface area (Å²) < 4.78 is 32.3. The van der Waals surface area contributed by atoms with E-state index >= 15 is 0 Å². The number of nitrogens with two attached hydrogens (primary N) is 1. The second-order valence-corrected chi connectivity index (χ2v) is 6.69. The van der Waals surface area contributed by atoms with Crippen molar-refractivity contribution in [2.45, 2.75) is 18.0 Å². The molecule has 0 aliphatic heterocycles. The molecule has 1 heterocycles. The summed E-state index contributed by atoms with van der Waals surface area (Å²) in [6, 6.07) is 4.86. The van der Waals surface area contributed by atoms with Crippen molar-refractivity contribution < 1.29 is 13.2 Å². The van der Waals surface area contributed by atoms with Crippen molar-refractivity contribution in [1.29, 1.82) is 0 Å². The van der Waals surface area contributed by atoms with Gasteiger partial charge in [0.1, 0.15) is 10.6 Å². The SMILES string of the molecule is COc1ccc(CN)cc1S(=O)(=O)NCc1cncs1. The lowest BCUT2D eigenvalue weighted by atomic mass is 10.2. The van der Waals surface area contributed by atoms with Crippen molar-refractivity contribution in [2.75, 3.05) is 7.11 Å². The Balaban J connectivity index is 2.28. The van der Waals surface area contributed by atoms with E-state index in [9.17, 15) is 8.42 Å². The normalized spacial score (nSPS) is 11.5. The highest BCUT2D eigenvalue weighted by atomic mass is 32.2. The smallest absolute Gasteiger partial charge is 0.244 e. The van der Waals surface area contributed by atoms with Crippen LogP contribution in [0.5, 0.6) is 5.75 Å². The van der Waals surface area contributed by atoms with Gasteiger partial charge in [-0.2, -0.15) is 0 Å². The van der Waals surface area contributed by atoms with Crippen molar-refractivity contribution in [3.05, 3.63) is 40.3 Å². The number of sulfonamides is 1. The van der Waals surface area contributed by atoms with Gasteiger partial charge in [-0.1, -0.05) is 6.07 Å². The van der Waals surface area contributed by atoms with Crippen LogP contribution in [-0.2, 0) is 23.1 Å². The van der Waals surface area contributed by atoms with Crippen LogP contribution in [0.2, 0.25) is 0 Å². The Bertz CT molecular complexity index is 669. The molecule has 1 aromatic carbocycles. The molecule has 0 bridgehead atoms. The standard InChI is InChI=1S/C12H15N3O3S2/c1-18-11-3-2-9(5-13)4-12(11)20(16,17)15-7-10-6-14-8-19-10/h2-4,6,8,15H,5,7,13H2,1H3. The maximum absolute atomic E-state index is 12.3. The zero-order chi connectivity index (χ0) is 14.6. The highest BCUT2D eigenvalue weighted by Gasteiger charge is 2.19. The van der Waals surface area contributed by atoms with Crippen molar-refractivity contribution in [1.82, 2.24) is 9.71 Å². The fraction of sp³-hybridized carbons (Fsp3) is 0.250. The van der Waals surface area contributed by atoms with E-state index in [-0.39, 0.29) is 18.0 Å². The Kier molecular flexibility index (Phi) is 4.71. The first-order chi connectivity index (χ1) is 9.56. The lowest BCUT2D eigenvalue weighted by molar-refractivity contribution is 0.402. The molecule has 0 saturated heterocycles. The summed E-state index contributed by atoms with van der Waals surface area (Å²) in [6.45, 7) is 0.463. The maximum atomic E-state index is 12.3. The molecule has 0 fully saturated rings. The van der Waals surface area contributed by atoms with E-state index in [1.54, 1.807) is 23.8 Å². The topological polar surface area (TPSA) is 94.3 Å². The molecule has 8 heteroatoms. The van der Waals surface area contributed by atoms with E-state index in [0.29, 0.717) is 5.75 Å². The molecule has 2 rings (SSSR count). The van der Waals surface area contributed by atoms with Gasteiger partial charge >= 0.3 is 0 Å². The molecule has 0 aliphatic carbocycles. The van der Waals surface area contributed by atoms with E-state index < -0.39 is 10.0 Å². The molecule has 108 valence electrons. The Morgan fingerprint density at radius 2 is 2.25 bits per heavy atom. The minimum atomic E-state index is -3.66. The number of hydrogen-bond donors (Lipinski definition) is 2. The van der Waals surface area contributed by atoms with Crippen LogP contribution in [0.4, 0.5) is 0 Å². The average Bonchev–Trinajstić information content (AvgIpc) is 2.98. The molecule has 3 N–H and O–H groups in total. The molecule has 0 radical (unpaired) electrons. The summed E-state index contributed by atoms with van der Waals surface area (Å²) in [5.41, 5.74) is 7.92. The number of benzene rings is 1. The van der Waals surface area contributed by atoms with Crippen LogP contribution in [0.3, 0.4) is 0 Å². The highest BCUT2D eigenvalue weighted by Crippen LogP contribution is 2.25. The molecular weight excluding hydrogens is 298 g/mol. The first kappa shape index (κ1) is 14.9. The van der Waals surface area contributed by atoms with Crippen LogP contribution in [0.1, 0.15) is 10.4 Å². The largest absolute Gasteiger partial charge is 0.495 e. The molecule has 0 aliphatic rings. The Labute approximate surface area is 121 Å². The first-order valence-corrected chi connectivity index (χ1v) is 8.17. The van der Waals surface area contributed by atoms with E-state index in [0.717, 1.165) is 10.4 Å². The van der Waals surface area contributed by atoms with E-state index in [4.69, 9.17) is 10.5 Å². The Hall–Kier alpha value is -1.48. The monoisotopic (exact) mass is 313 g/mol. The molecular formula is C12H15N3O3S2. The quantitative estimate of drug-likeness (QED) is 0.832. The van der Waals surface area contributed by atoms with Crippen molar-refractivity contribution >= 4 is 21.4 Å². The van der Waals surface area contributed by atoms with Gasteiger partial charge in [-0.05, 0) is 17.7 Å². The average molecular weight is 313 g/mol. The van der Waals surface area contributed by atoms with Crippen molar-refractivity contribution in [2.24, 2.45) is 5.73 Å². The molecule has 6 nitrogen and oxygen atoms in total. The third-order valence-corrected chi connectivity index (χ3v) is 4.88. The lowest BCUT2D eigenvalue weighted by Crippen LogP contribution is -2.23. The maximum Gasteiger partial charge on any atom is 0.244 e. The minimum Gasteiger partial charge on any atom is -0.495 e. The molecule has 2 aromatic rings. The van der Waals surface area contributed by atoms with Crippen LogP contribution in [0, 0.1) is 0 Å². The zero-order valence-electron chi connectivity index (χ0n) is 10.9. The van der Waals surface area contributed by atoms with E-state index in [2.05, 4.69) is 9.71 Å². The fourth-order valence-corrected chi connectivity index (χ4v) is 3.48. The number of thiazole rings is 1. The summed E-state index contributed by atoms with van der Waals surface area (Å²) in [4.78, 5) is 4.83. The van der Waals surface area contributed by atoms with Crippen LogP contribution in [0.15, 0.2) is 34.8 Å². The van der Waals surface area contributed by atoms with Gasteiger partial charge in [-0.15, -0.1) is 11.3 Å². The first-order valence-electron chi connectivity index (χ1n) is 5.81. The zero-order valence-corrected chi connectivity index (χ0v) is 12.5. The third-order valence-electron chi connectivity index (χ3n) is 2.67. The van der Waals surface area contributed by atoms with Gasteiger partial charge in [0.05, 0.1) is 12.6 Å². The van der Waals surface area contributed by atoms with Crippen LogP contribution in [-0.4, -0.2) is 20.5 Å². The Morgan fingerprint density at radius 1 is 1.45 bits per heavy atom. The molecule has 0 spiro atoms. The molecule has 20 heavy (non-hydrogen) atoms. The van der Waals surface area contributed by atoms with Crippen LogP contribution >= 0.6 is 11.3 Å². The fourth-order valence-electron chi connectivity index (χ4n) is 1.63. The van der Waals surface area contributed by atoms with Crippen molar-refractivity contribution in [3.8, 4) is 5.75 Å². The van der Waals surface area contributed by atoms with E-state index in [1.807, 2.05) is 0 Å². The predicted octanol–water partition coefficient (Wildman–Crippen LogP) is 1.09. The number of ether oxygens (including phenoxy) is 1. The summed E-state index contributed by atoms with van der Waals surface area (Å²) in [5.74, 6) is 0.291. The summed E-state index contributed by atoms with van der Waals surface area (Å²) in [7, 11) is -2.23. The summed E-state index contributed by atoms with van der Waals surface area (Å²) in [6.07, 6.45) is 1.63. The number of nitrogens with zero attached hydrogens (tertiary/aromatic N) is 1. The lowest BCUT2D eigenvalue weighted by Gasteiger charge is -2.11. The van der Waals surface area contributed by atoms with Gasteiger partial charge in [0.2, 0.25) is 10.0 Å². The van der Waals surface area contributed by atoms with Gasteiger partial charge in [0.25, 0.3) is 0 Å². The summed E-state index contributed by atoms with van der Waals surface area (Å²) in [5, 5.41) is 0. The highest BCUT2D eigenvalue weighted by molar-refractivity contribution is 7.89. The summed E-state index contributed by atoms with van der Waals surface area (Å²) >= 11 is 1.39. The van der Waals surface area contributed by atoms with Crippen molar-refractivity contribution in [3.63, 3.8) is 0 Å². The number of aromatic nitrogens is 1. The molecule has 0 amide bonds. The van der Waals surface area contributed by atoms with Gasteiger partial charge < -0.3 is 10.5 Å². The van der Waals surface area contributed by atoms with Gasteiger partial charge in [-0.25, -0.2) is 13.1 Å². The van der Waals surface area contributed by atoms with Crippen LogP contribution in [0.25, 0.3) is 0 Å². The van der Waals surface area contributed by atoms with Gasteiger partial charge in [0, 0.05) is 24.2 Å². The molecule has 0 atom stereocenters. The molecule has 0 saturated carbocycles. The predicted molar refractivity (Wildman–Crippen MR) is 77.0 cm³/mol. The number of hydrogen-bond acceptors (Lipinski definition) is 6. The molecule has 1 aromatic heterocycles. The molecule has 0 unspecified atom stereocenters. The Morgan fingerprint density at radius 3 is 2.85 bits per heavy atom. The van der Waals surface area contributed by atoms with Crippen LogP contribution < -0.4 is 15.2 Å². The minimum absolute atomic E-state index is 0.0902. The second kappa shape index (κ2) is 6.31. The number of rotatable bonds is 6. The van der Waals surface area contributed by atoms with Gasteiger partial charge in [-0.3, -0.25) is 4.98 Å². The van der Waals surface area contributed by atoms with Gasteiger partial charge in [0.15, 0.2) is 0 Å². The number of nitrogens with one attached hydrogen (secondary N) is 1. The second-order valence-electron chi connectivity index (χ2n) is 3.98. The van der Waals surface area contributed by atoms with E-state index in [1.165, 1.54) is 24.5 Å². The number of methoxy groups -OCH3 is 1.